The molecule has 0 spiro atoms. The fraction of sp³-hybridized carbons (Fsp3) is 0.500. The van der Waals surface area contributed by atoms with Gasteiger partial charge in [0, 0.05) is 48.9 Å². The summed E-state index contributed by atoms with van der Waals surface area (Å²) in [5, 5.41) is 7.08. The first-order valence-electron chi connectivity index (χ1n) is 10.0. The Morgan fingerprint density at radius 3 is 2.57 bits per heavy atom. The summed E-state index contributed by atoms with van der Waals surface area (Å²) in [6.45, 7) is 8.69. The lowest BCUT2D eigenvalue weighted by Gasteiger charge is -2.35. The molecule has 1 aromatic heterocycles. The highest BCUT2D eigenvalue weighted by Crippen LogP contribution is 2.21. The van der Waals surface area contributed by atoms with E-state index in [1.807, 2.05) is 18.4 Å². The summed E-state index contributed by atoms with van der Waals surface area (Å²) in [4.78, 5) is 9.71. The van der Waals surface area contributed by atoms with E-state index in [0.717, 1.165) is 45.2 Å². The molecule has 6 heteroatoms. The van der Waals surface area contributed by atoms with Crippen LogP contribution in [0.2, 0.25) is 0 Å². The van der Waals surface area contributed by atoms with Crippen LogP contribution in [0.15, 0.2) is 47.5 Å². The zero-order valence-electron chi connectivity index (χ0n) is 17.1. The van der Waals surface area contributed by atoms with E-state index in [1.54, 1.807) is 0 Å². The molecule has 1 aliphatic rings. The molecule has 0 radical (unpaired) electrons. The molecule has 2 heterocycles. The molecule has 2 aromatic rings. The Hall–Kier alpha value is -1.89. The van der Waals surface area contributed by atoms with Gasteiger partial charge in [0.15, 0.2) is 5.96 Å². The van der Waals surface area contributed by atoms with Crippen LogP contribution in [0.1, 0.15) is 28.3 Å². The Labute approximate surface area is 172 Å². The SMILES string of the molecule is CN=C(NCC(c1ccccc1)N1CCOCC1)NC(C)Cc1ccc(C)s1. The second-order valence-corrected chi connectivity index (χ2v) is 8.66. The van der Waals surface area contributed by atoms with E-state index in [0.29, 0.717) is 12.1 Å². The number of hydrogen-bond acceptors (Lipinski definition) is 4. The Bertz CT molecular complexity index is 740. The van der Waals surface area contributed by atoms with E-state index in [4.69, 9.17) is 4.74 Å². The number of guanidine groups is 1. The van der Waals surface area contributed by atoms with E-state index in [1.165, 1.54) is 15.3 Å². The van der Waals surface area contributed by atoms with Crippen LogP contribution in [0.4, 0.5) is 0 Å². The number of hydrogen-bond donors (Lipinski definition) is 2. The minimum atomic E-state index is 0.305. The lowest BCUT2D eigenvalue weighted by Crippen LogP contribution is -2.48. The third-order valence-corrected chi connectivity index (χ3v) is 6.07. The predicted octanol–water partition coefficient (Wildman–Crippen LogP) is 3.23. The van der Waals surface area contributed by atoms with Crippen molar-refractivity contribution in [2.45, 2.75) is 32.4 Å². The van der Waals surface area contributed by atoms with E-state index < -0.39 is 0 Å². The largest absolute Gasteiger partial charge is 0.379 e. The zero-order valence-corrected chi connectivity index (χ0v) is 18.0. The number of aliphatic imine (C=N–C) groups is 1. The topological polar surface area (TPSA) is 48.9 Å². The minimum Gasteiger partial charge on any atom is -0.379 e. The van der Waals surface area contributed by atoms with Gasteiger partial charge in [-0.1, -0.05) is 30.3 Å². The summed E-state index contributed by atoms with van der Waals surface area (Å²) in [7, 11) is 1.84. The Balaban J connectivity index is 1.58. The minimum absolute atomic E-state index is 0.305. The summed E-state index contributed by atoms with van der Waals surface area (Å²) in [6.07, 6.45) is 1.00. The highest BCUT2D eigenvalue weighted by atomic mass is 32.1. The van der Waals surface area contributed by atoms with Crippen LogP contribution >= 0.6 is 11.3 Å². The van der Waals surface area contributed by atoms with Crippen molar-refractivity contribution >= 4 is 17.3 Å². The van der Waals surface area contributed by atoms with Crippen LogP contribution in [0, 0.1) is 6.92 Å². The normalized spacial score (nSPS) is 17.9. The van der Waals surface area contributed by atoms with Gasteiger partial charge in [-0.25, -0.2) is 0 Å². The van der Waals surface area contributed by atoms with Gasteiger partial charge in [0.05, 0.1) is 19.3 Å². The van der Waals surface area contributed by atoms with E-state index in [-0.39, 0.29) is 0 Å². The summed E-state index contributed by atoms with van der Waals surface area (Å²) in [6, 6.07) is 15.7. The van der Waals surface area contributed by atoms with Crippen molar-refractivity contribution in [2.24, 2.45) is 4.99 Å². The van der Waals surface area contributed by atoms with Crippen LogP contribution in [0.5, 0.6) is 0 Å². The van der Waals surface area contributed by atoms with E-state index in [9.17, 15) is 0 Å². The maximum atomic E-state index is 5.55. The first-order chi connectivity index (χ1) is 13.7. The molecule has 3 rings (SSSR count). The van der Waals surface area contributed by atoms with Gasteiger partial charge in [-0.15, -0.1) is 11.3 Å². The highest BCUT2D eigenvalue weighted by molar-refractivity contribution is 7.11. The quantitative estimate of drug-likeness (QED) is 0.553. The van der Waals surface area contributed by atoms with Crippen molar-refractivity contribution < 1.29 is 4.74 Å². The Morgan fingerprint density at radius 2 is 1.93 bits per heavy atom. The van der Waals surface area contributed by atoms with Gasteiger partial charge >= 0.3 is 0 Å². The molecule has 1 fully saturated rings. The summed E-state index contributed by atoms with van der Waals surface area (Å²) < 4.78 is 5.55. The van der Waals surface area contributed by atoms with Crippen molar-refractivity contribution in [3.63, 3.8) is 0 Å². The standard InChI is InChI=1S/C22H32N4OS/c1-17(15-20-10-9-18(2)28-20)25-22(23-3)24-16-21(19-7-5-4-6-8-19)26-11-13-27-14-12-26/h4-10,17,21H,11-16H2,1-3H3,(H2,23,24,25). The van der Waals surface area contributed by atoms with Crippen LogP contribution in [-0.4, -0.2) is 56.8 Å². The first kappa shape index (κ1) is 20.8. The molecular formula is C22H32N4OS. The number of nitrogens with one attached hydrogen (secondary N) is 2. The second kappa shape index (κ2) is 10.6. The highest BCUT2D eigenvalue weighted by Gasteiger charge is 2.23. The lowest BCUT2D eigenvalue weighted by atomic mass is 10.0. The lowest BCUT2D eigenvalue weighted by molar-refractivity contribution is 0.0170. The van der Waals surface area contributed by atoms with Gasteiger partial charge in [0.2, 0.25) is 0 Å². The van der Waals surface area contributed by atoms with Gasteiger partial charge in [-0.05, 0) is 31.5 Å². The van der Waals surface area contributed by atoms with Crippen molar-refractivity contribution in [1.29, 1.82) is 0 Å². The molecule has 2 unspecified atom stereocenters. The predicted molar refractivity (Wildman–Crippen MR) is 118 cm³/mol. The fourth-order valence-corrected chi connectivity index (χ4v) is 4.61. The molecule has 0 aliphatic carbocycles. The molecule has 0 bridgehead atoms. The maximum Gasteiger partial charge on any atom is 0.191 e. The van der Waals surface area contributed by atoms with Gasteiger partial charge in [0.25, 0.3) is 0 Å². The number of nitrogens with zero attached hydrogens (tertiary/aromatic N) is 2. The number of ether oxygens (including phenoxy) is 1. The molecule has 2 N–H and O–H groups in total. The molecular weight excluding hydrogens is 368 g/mol. The first-order valence-corrected chi connectivity index (χ1v) is 10.9. The molecule has 2 atom stereocenters. The number of benzene rings is 1. The van der Waals surface area contributed by atoms with Crippen LogP contribution < -0.4 is 10.6 Å². The van der Waals surface area contributed by atoms with Gasteiger partial charge in [-0.3, -0.25) is 9.89 Å². The van der Waals surface area contributed by atoms with Crippen molar-refractivity contribution in [2.75, 3.05) is 39.9 Å². The second-order valence-electron chi connectivity index (χ2n) is 7.29. The summed E-state index contributed by atoms with van der Waals surface area (Å²) >= 11 is 1.87. The molecule has 1 aliphatic heterocycles. The third kappa shape index (κ3) is 6.06. The van der Waals surface area contributed by atoms with Crippen molar-refractivity contribution in [3.05, 3.63) is 57.8 Å². The van der Waals surface area contributed by atoms with E-state index in [2.05, 4.69) is 76.8 Å². The monoisotopic (exact) mass is 400 g/mol. The molecule has 5 nitrogen and oxygen atoms in total. The van der Waals surface area contributed by atoms with Crippen LogP contribution in [-0.2, 0) is 11.2 Å². The Kier molecular flexibility index (Phi) is 7.89. The fourth-order valence-electron chi connectivity index (χ4n) is 3.59. The number of thiophene rings is 1. The molecule has 1 saturated heterocycles. The van der Waals surface area contributed by atoms with Crippen LogP contribution in [0.25, 0.3) is 0 Å². The van der Waals surface area contributed by atoms with Crippen molar-refractivity contribution in [1.82, 2.24) is 15.5 Å². The molecule has 28 heavy (non-hydrogen) atoms. The van der Waals surface area contributed by atoms with Gasteiger partial charge in [0.1, 0.15) is 0 Å². The molecule has 152 valence electrons. The smallest absolute Gasteiger partial charge is 0.191 e. The number of morpholine rings is 1. The van der Waals surface area contributed by atoms with Gasteiger partial charge < -0.3 is 15.4 Å². The van der Waals surface area contributed by atoms with Crippen LogP contribution in [0.3, 0.4) is 0 Å². The molecule has 0 saturated carbocycles. The maximum absolute atomic E-state index is 5.55. The third-order valence-electron chi connectivity index (χ3n) is 5.04. The molecule has 0 amide bonds. The molecule has 1 aromatic carbocycles. The Morgan fingerprint density at radius 1 is 1.18 bits per heavy atom. The number of aryl methyl sites for hydroxylation is 1. The zero-order chi connectivity index (χ0) is 19.8. The van der Waals surface area contributed by atoms with E-state index >= 15 is 0 Å². The average molecular weight is 401 g/mol. The summed E-state index contributed by atoms with van der Waals surface area (Å²) in [5.41, 5.74) is 1.33. The average Bonchev–Trinajstić information content (AvgIpc) is 3.13. The van der Waals surface area contributed by atoms with Crippen molar-refractivity contribution in [3.8, 4) is 0 Å². The summed E-state index contributed by atoms with van der Waals surface area (Å²) in [5.74, 6) is 0.856. The number of rotatable bonds is 7. The van der Waals surface area contributed by atoms with Gasteiger partial charge in [-0.2, -0.15) is 0 Å².